The number of H-pyrrole nitrogens is 1. The van der Waals surface area contributed by atoms with Crippen molar-refractivity contribution in [2.75, 3.05) is 11.4 Å². The molecule has 2 aliphatic heterocycles. The molecule has 6 rings (SSSR count). The van der Waals surface area contributed by atoms with Crippen molar-refractivity contribution in [3.63, 3.8) is 0 Å². The number of carbonyl (C=O) groups excluding carboxylic acids is 2. The van der Waals surface area contributed by atoms with Crippen LogP contribution in [0.4, 0.5) is 10.5 Å². The molecule has 3 N–H and O–H groups in total. The van der Waals surface area contributed by atoms with E-state index in [9.17, 15) is 9.59 Å². The topological polar surface area (TPSA) is 86.5 Å². The van der Waals surface area contributed by atoms with E-state index in [-0.39, 0.29) is 18.0 Å². The van der Waals surface area contributed by atoms with Gasteiger partial charge >= 0.3 is 6.03 Å². The molecule has 0 radical (unpaired) electrons. The number of anilines is 1. The number of aromatic amines is 1. The first-order chi connectivity index (χ1) is 17.4. The maximum absolute atomic E-state index is 13.2. The number of fused-ring (bicyclic) bond motifs is 5. The van der Waals surface area contributed by atoms with Crippen molar-refractivity contribution in [2.45, 2.75) is 38.5 Å². The second-order valence-electron chi connectivity index (χ2n) is 9.78. The predicted octanol–water partition coefficient (Wildman–Crippen LogP) is 5.22. The molecule has 182 valence electrons. The van der Waals surface area contributed by atoms with Crippen molar-refractivity contribution in [2.24, 2.45) is 0 Å². The maximum Gasteiger partial charge on any atom is 0.325 e. The average molecular weight is 481 g/mol. The Labute approximate surface area is 209 Å². The molecule has 1 saturated heterocycles. The van der Waals surface area contributed by atoms with Crippen LogP contribution in [0, 0.1) is 6.92 Å². The van der Waals surface area contributed by atoms with Crippen molar-refractivity contribution >= 4 is 28.5 Å². The highest BCUT2D eigenvalue weighted by Gasteiger charge is 2.49. The Hall–Kier alpha value is -4.26. The van der Waals surface area contributed by atoms with Gasteiger partial charge in [-0.1, -0.05) is 42.0 Å². The second-order valence-corrected chi connectivity index (χ2v) is 9.78. The van der Waals surface area contributed by atoms with Crippen molar-refractivity contribution < 1.29 is 14.3 Å². The fraction of sp³-hybridized carbons (Fsp3) is 0.241. The second kappa shape index (κ2) is 8.45. The summed E-state index contributed by atoms with van der Waals surface area (Å²) >= 11 is 0. The molecule has 2 bridgehead atoms. The Balaban J connectivity index is 1.19. The number of nitrogens with one attached hydrogen (secondary N) is 3. The van der Waals surface area contributed by atoms with Gasteiger partial charge in [0.05, 0.1) is 11.7 Å². The largest absolute Gasteiger partial charge is 0.467 e. The zero-order valence-corrected chi connectivity index (χ0v) is 20.3. The van der Waals surface area contributed by atoms with Gasteiger partial charge in [-0.3, -0.25) is 9.69 Å². The molecule has 3 aromatic carbocycles. The van der Waals surface area contributed by atoms with Crippen molar-refractivity contribution in [3.8, 4) is 5.75 Å². The summed E-state index contributed by atoms with van der Waals surface area (Å²) in [6.45, 7) is 4.46. The smallest absolute Gasteiger partial charge is 0.325 e. The molecule has 2 atom stereocenters. The van der Waals surface area contributed by atoms with E-state index in [2.05, 4.69) is 27.8 Å². The van der Waals surface area contributed by atoms with Gasteiger partial charge in [-0.05, 0) is 56.2 Å². The Morgan fingerprint density at radius 3 is 2.89 bits per heavy atom. The van der Waals surface area contributed by atoms with Crippen LogP contribution in [0.2, 0.25) is 0 Å². The van der Waals surface area contributed by atoms with E-state index < -0.39 is 5.72 Å². The molecular weight excluding hydrogens is 452 g/mol. The number of amides is 3. The van der Waals surface area contributed by atoms with Crippen LogP contribution < -0.4 is 20.3 Å². The van der Waals surface area contributed by atoms with Crippen LogP contribution in [-0.4, -0.2) is 29.2 Å². The van der Waals surface area contributed by atoms with Gasteiger partial charge in [0.2, 0.25) is 0 Å². The number of nitrogens with zero attached hydrogens (tertiary/aromatic N) is 1. The minimum Gasteiger partial charge on any atom is -0.467 e. The molecule has 2 aliphatic rings. The predicted molar refractivity (Wildman–Crippen MR) is 139 cm³/mol. The highest BCUT2D eigenvalue weighted by Crippen LogP contribution is 2.45. The molecule has 1 fully saturated rings. The van der Waals surface area contributed by atoms with Crippen LogP contribution in [-0.2, 0) is 6.42 Å². The number of aromatic nitrogens is 1. The molecule has 0 aliphatic carbocycles. The number of ether oxygens (including phenoxy) is 1. The Kier molecular flexibility index (Phi) is 5.21. The quantitative estimate of drug-likeness (QED) is 0.366. The van der Waals surface area contributed by atoms with Gasteiger partial charge in [0.25, 0.3) is 5.91 Å². The van der Waals surface area contributed by atoms with Crippen LogP contribution in [0.5, 0.6) is 5.75 Å². The number of carbonyl (C=O) groups is 2. The molecule has 2 unspecified atom stereocenters. The normalized spacial score (nSPS) is 20.4. The maximum atomic E-state index is 13.2. The minimum atomic E-state index is -0.861. The third kappa shape index (κ3) is 3.77. The molecule has 3 amide bonds. The van der Waals surface area contributed by atoms with E-state index in [1.165, 1.54) is 5.39 Å². The lowest BCUT2D eigenvalue weighted by Crippen LogP contribution is -2.65. The van der Waals surface area contributed by atoms with E-state index in [1.54, 1.807) is 23.1 Å². The molecule has 1 aromatic heterocycles. The van der Waals surface area contributed by atoms with E-state index in [4.69, 9.17) is 4.74 Å². The van der Waals surface area contributed by atoms with Crippen molar-refractivity contribution in [3.05, 3.63) is 95.2 Å². The number of hydrogen-bond donors (Lipinski definition) is 3. The first kappa shape index (κ1) is 22.2. The lowest BCUT2D eigenvalue weighted by molar-refractivity contribution is 0.0378. The highest BCUT2D eigenvalue weighted by atomic mass is 16.5. The van der Waals surface area contributed by atoms with E-state index in [0.29, 0.717) is 24.2 Å². The Bertz CT molecular complexity index is 1490. The van der Waals surface area contributed by atoms with Gasteiger partial charge in [-0.15, -0.1) is 0 Å². The van der Waals surface area contributed by atoms with Crippen LogP contribution in [0.3, 0.4) is 0 Å². The lowest BCUT2D eigenvalue weighted by atomic mass is 9.89. The summed E-state index contributed by atoms with van der Waals surface area (Å²) in [6, 6.07) is 21.0. The molecule has 7 heteroatoms. The van der Waals surface area contributed by atoms with Crippen LogP contribution in [0.15, 0.2) is 72.9 Å². The number of hydrogen-bond acceptors (Lipinski definition) is 3. The summed E-state index contributed by atoms with van der Waals surface area (Å²) in [6.07, 6.45) is 3.32. The standard InChI is InChI=1S/C29H28N4O3/c1-18-10-11-26-23(14-18)25-16-29(2,36-26)33(28(35)32-25)21-7-5-6-19(15-21)27(34)30-13-12-20-17-31-24-9-4-3-8-22(20)24/h3-11,14-15,17,25,31H,12-13,16H2,1-2H3,(H,30,34)(H,32,35). The van der Waals surface area contributed by atoms with Gasteiger partial charge in [0, 0.05) is 41.2 Å². The van der Waals surface area contributed by atoms with E-state index in [0.717, 1.165) is 34.4 Å². The molecule has 7 nitrogen and oxygen atoms in total. The number of urea groups is 1. The first-order valence-corrected chi connectivity index (χ1v) is 12.2. The number of benzene rings is 3. The SMILES string of the molecule is Cc1ccc2c(c1)C1CC(C)(O2)N(c2cccc(C(=O)NCCc3c[nH]c4ccccc34)c2)C(=O)N1. The minimum absolute atomic E-state index is 0.113. The number of aryl methyl sites for hydroxylation is 1. The van der Waals surface area contributed by atoms with Crippen LogP contribution >= 0.6 is 0 Å². The molecular formula is C29H28N4O3. The van der Waals surface area contributed by atoms with Crippen LogP contribution in [0.1, 0.15) is 46.4 Å². The fourth-order valence-electron chi connectivity index (χ4n) is 5.42. The Morgan fingerprint density at radius 1 is 1.14 bits per heavy atom. The molecule has 3 heterocycles. The van der Waals surface area contributed by atoms with Gasteiger partial charge in [0.1, 0.15) is 5.75 Å². The van der Waals surface area contributed by atoms with Gasteiger partial charge in [-0.25, -0.2) is 4.79 Å². The average Bonchev–Trinajstić information content (AvgIpc) is 3.27. The number of rotatable bonds is 5. The zero-order chi connectivity index (χ0) is 24.9. The zero-order valence-electron chi connectivity index (χ0n) is 20.3. The molecule has 0 spiro atoms. The summed E-state index contributed by atoms with van der Waals surface area (Å²) in [5.74, 6) is 0.595. The van der Waals surface area contributed by atoms with Gasteiger partial charge < -0.3 is 20.4 Å². The third-order valence-corrected chi connectivity index (χ3v) is 7.15. The van der Waals surface area contributed by atoms with E-state index >= 15 is 0 Å². The summed E-state index contributed by atoms with van der Waals surface area (Å²) in [7, 11) is 0. The van der Waals surface area contributed by atoms with Crippen molar-refractivity contribution in [1.82, 2.24) is 15.6 Å². The van der Waals surface area contributed by atoms with Crippen LogP contribution in [0.25, 0.3) is 10.9 Å². The van der Waals surface area contributed by atoms with Crippen molar-refractivity contribution in [1.29, 1.82) is 0 Å². The first-order valence-electron chi connectivity index (χ1n) is 12.2. The Morgan fingerprint density at radius 2 is 2.00 bits per heavy atom. The molecule has 4 aromatic rings. The lowest BCUT2D eigenvalue weighted by Gasteiger charge is -2.50. The molecule has 36 heavy (non-hydrogen) atoms. The summed E-state index contributed by atoms with van der Waals surface area (Å²) in [4.78, 5) is 31.1. The summed E-state index contributed by atoms with van der Waals surface area (Å²) in [5, 5.41) is 7.30. The summed E-state index contributed by atoms with van der Waals surface area (Å²) in [5.41, 5.74) is 4.64. The van der Waals surface area contributed by atoms with E-state index in [1.807, 2.05) is 56.4 Å². The van der Waals surface area contributed by atoms with Gasteiger partial charge in [-0.2, -0.15) is 0 Å². The third-order valence-electron chi connectivity index (χ3n) is 7.15. The summed E-state index contributed by atoms with van der Waals surface area (Å²) < 4.78 is 6.39. The number of para-hydroxylation sites is 1. The fourth-order valence-corrected chi connectivity index (χ4v) is 5.42. The van der Waals surface area contributed by atoms with Gasteiger partial charge in [0.15, 0.2) is 5.72 Å². The highest BCUT2D eigenvalue weighted by molar-refractivity contribution is 5.99. The monoisotopic (exact) mass is 480 g/mol. The molecule has 0 saturated carbocycles.